The summed E-state index contributed by atoms with van der Waals surface area (Å²) in [7, 11) is -5.16. The average molecular weight is 457 g/mol. The van der Waals surface area contributed by atoms with Crippen LogP contribution >= 0.6 is 25.3 Å². The Labute approximate surface area is 177 Å². The lowest BCUT2D eigenvalue weighted by atomic mass is 10.4. The Bertz CT molecular complexity index is 407. The van der Waals surface area contributed by atoms with Crippen molar-refractivity contribution in [1.29, 1.82) is 0 Å². The molecule has 2 aliphatic rings. The predicted molar refractivity (Wildman–Crippen MR) is 117 cm³/mol. The number of thiol groups is 2. The van der Waals surface area contributed by atoms with Crippen molar-refractivity contribution in [2.45, 2.75) is 62.8 Å². The normalized spacial score (nSPS) is 24.4. The lowest BCUT2D eigenvalue weighted by molar-refractivity contribution is 0.00295. The van der Waals surface area contributed by atoms with E-state index in [-0.39, 0.29) is 5.54 Å². The summed E-state index contributed by atoms with van der Waals surface area (Å²) in [4.78, 5) is 0. The number of hydrogen-bond donors (Lipinski definition) is 2. The highest BCUT2D eigenvalue weighted by Gasteiger charge is 2.48. The molecule has 0 spiro atoms. The first-order valence-electron chi connectivity index (χ1n) is 10.1. The molecule has 0 radical (unpaired) electrons. The molecule has 0 aromatic heterocycles. The molecule has 2 aliphatic heterocycles. The Hall–Kier alpha value is 0.894. The molecule has 2 rings (SSSR count). The van der Waals surface area contributed by atoms with Gasteiger partial charge in [-0.1, -0.05) is 13.8 Å². The van der Waals surface area contributed by atoms with Gasteiger partial charge in [-0.25, -0.2) is 0 Å². The Balaban J connectivity index is 1.77. The van der Waals surface area contributed by atoms with Crippen molar-refractivity contribution in [3.63, 3.8) is 0 Å². The summed E-state index contributed by atoms with van der Waals surface area (Å²) in [5.41, 5.74) is 0.263. The quantitative estimate of drug-likeness (QED) is 0.266. The van der Waals surface area contributed by atoms with E-state index >= 15 is 0 Å². The van der Waals surface area contributed by atoms with Crippen molar-refractivity contribution in [3.05, 3.63) is 0 Å². The van der Waals surface area contributed by atoms with Crippen LogP contribution in [0.25, 0.3) is 0 Å². The summed E-state index contributed by atoms with van der Waals surface area (Å²) in [5, 5.41) is 0.315. The van der Waals surface area contributed by atoms with E-state index in [1.54, 1.807) is 0 Å². The molecule has 0 aliphatic carbocycles. The minimum absolute atomic E-state index is 0.263. The molecule has 2 fully saturated rings. The molecule has 0 N–H and O–H groups in total. The molecule has 0 bridgehead atoms. The molecule has 2 unspecified atom stereocenters. The molecule has 2 atom stereocenters. The van der Waals surface area contributed by atoms with Gasteiger partial charge in [-0.15, -0.1) is 0 Å². The highest BCUT2D eigenvalue weighted by molar-refractivity contribution is 7.80. The molecular formula is C17H36O6S2Si2. The van der Waals surface area contributed by atoms with Crippen LogP contribution in [0.2, 0.25) is 11.6 Å². The SMILES string of the molecule is CC(S)CC[Si]1(OCCCO[Si]2(C(C)CCS)OCCCO2)OCCCO1. The van der Waals surface area contributed by atoms with Gasteiger partial charge in [-0.05, 0) is 43.1 Å². The standard InChI is InChI=1S/C17H36O6S2Si2/c1-16(25)7-15-26(18-8-3-9-19-26)20-10-4-11-21-27(17(2)6-14-24)22-12-5-13-23-27/h16-17,24-25H,3-15H2,1-2H3. The summed E-state index contributed by atoms with van der Waals surface area (Å²) in [6.45, 7) is 8.26. The number of hydrogen-bond acceptors (Lipinski definition) is 8. The van der Waals surface area contributed by atoms with Crippen LogP contribution in [0.4, 0.5) is 0 Å². The first-order chi connectivity index (χ1) is 13.0. The van der Waals surface area contributed by atoms with Crippen molar-refractivity contribution in [2.75, 3.05) is 45.4 Å². The third kappa shape index (κ3) is 7.91. The zero-order valence-electron chi connectivity index (χ0n) is 16.7. The minimum Gasteiger partial charge on any atom is -0.373 e. The summed E-state index contributed by atoms with van der Waals surface area (Å²) >= 11 is 8.82. The Morgan fingerprint density at radius 2 is 1.48 bits per heavy atom. The zero-order valence-corrected chi connectivity index (χ0v) is 20.5. The summed E-state index contributed by atoms with van der Waals surface area (Å²) in [5.74, 6) is 0.807. The molecular weight excluding hydrogens is 420 g/mol. The van der Waals surface area contributed by atoms with E-state index in [4.69, 9.17) is 26.6 Å². The van der Waals surface area contributed by atoms with Gasteiger partial charge in [0.1, 0.15) is 0 Å². The maximum atomic E-state index is 6.21. The second-order valence-electron chi connectivity index (χ2n) is 7.24. The van der Waals surface area contributed by atoms with Crippen LogP contribution in [-0.2, 0) is 26.6 Å². The van der Waals surface area contributed by atoms with Gasteiger partial charge in [0.15, 0.2) is 0 Å². The van der Waals surface area contributed by atoms with E-state index in [2.05, 4.69) is 39.1 Å². The maximum Gasteiger partial charge on any atom is 0.503 e. The summed E-state index contributed by atoms with van der Waals surface area (Å²) in [6, 6.07) is 0.822. The third-order valence-corrected chi connectivity index (χ3v) is 11.4. The van der Waals surface area contributed by atoms with Gasteiger partial charge in [0, 0.05) is 51.2 Å². The van der Waals surface area contributed by atoms with Gasteiger partial charge in [0.2, 0.25) is 0 Å². The first-order valence-corrected chi connectivity index (χ1v) is 15.0. The van der Waals surface area contributed by atoms with Crippen molar-refractivity contribution in [2.24, 2.45) is 0 Å². The molecule has 0 amide bonds. The fraction of sp³-hybridized carbons (Fsp3) is 1.00. The van der Waals surface area contributed by atoms with Crippen molar-refractivity contribution >= 4 is 42.9 Å². The maximum absolute atomic E-state index is 6.21. The first kappa shape index (κ1) is 24.2. The predicted octanol–water partition coefficient (Wildman–Crippen LogP) is 3.58. The van der Waals surface area contributed by atoms with Gasteiger partial charge >= 0.3 is 17.6 Å². The van der Waals surface area contributed by atoms with Gasteiger partial charge in [0.25, 0.3) is 0 Å². The third-order valence-electron chi connectivity index (χ3n) is 4.78. The van der Waals surface area contributed by atoms with Crippen LogP contribution < -0.4 is 0 Å². The second kappa shape index (κ2) is 12.6. The lowest BCUT2D eigenvalue weighted by Crippen LogP contribution is -2.53. The largest absolute Gasteiger partial charge is 0.503 e. The summed E-state index contributed by atoms with van der Waals surface area (Å²) < 4.78 is 36.4. The Morgan fingerprint density at radius 1 is 0.889 bits per heavy atom. The van der Waals surface area contributed by atoms with Crippen LogP contribution in [0.15, 0.2) is 0 Å². The molecule has 2 saturated heterocycles. The van der Waals surface area contributed by atoms with Gasteiger partial charge in [-0.3, -0.25) is 0 Å². The van der Waals surface area contributed by atoms with Crippen LogP contribution in [0, 0.1) is 0 Å². The smallest absolute Gasteiger partial charge is 0.373 e. The second-order valence-corrected chi connectivity index (χ2v) is 14.4. The highest BCUT2D eigenvalue weighted by atomic mass is 32.1. The molecule has 27 heavy (non-hydrogen) atoms. The Kier molecular flexibility index (Phi) is 11.2. The highest BCUT2D eigenvalue weighted by Crippen LogP contribution is 2.31. The van der Waals surface area contributed by atoms with Gasteiger partial charge in [0.05, 0.1) is 0 Å². The van der Waals surface area contributed by atoms with E-state index in [1.165, 1.54) is 0 Å². The molecule has 0 aromatic rings. The van der Waals surface area contributed by atoms with Gasteiger partial charge < -0.3 is 26.6 Å². The van der Waals surface area contributed by atoms with E-state index in [0.29, 0.717) is 18.5 Å². The molecule has 2 heterocycles. The molecule has 6 nitrogen and oxygen atoms in total. The van der Waals surface area contributed by atoms with E-state index in [0.717, 1.165) is 70.3 Å². The Morgan fingerprint density at radius 3 is 2.07 bits per heavy atom. The van der Waals surface area contributed by atoms with Crippen LogP contribution in [0.1, 0.15) is 46.0 Å². The molecule has 0 aromatic carbocycles. The number of rotatable bonds is 12. The fourth-order valence-corrected chi connectivity index (χ4v) is 9.88. The van der Waals surface area contributed by atoms with E-state index in [9.17, 15) is 0 Å². The van der Waals surface area contributed by atoms with Crippen molar-refractivity contribution in [1.82, 2.24) is 0 Å². The zero-order chi connectivity index (χ0) is 19.6. The fourth-order valence-electron chi connectivity index (χ4n) is 3.15. The van der Waals surface area contributed by atoms with E-state index in [1.807, 2.05) is 0 Å². The molecule has 0 saturated carbocycles. The van der Waals surface area contributed by atoms with Crippen molar-refractivity contribution in [3.8, 4) is 0 Å². The van der Waals surface area contributed by atoms with Crippen molar-refractivity contribution < 1.29 is 26.6 Å². The summed E-state index contributed by atoms with van der Waals surface area (Å²) in [6.07, 6.45) is 4.51. The molecule has 160 valence electrons. The monoisotopic (exact) mass is 456 g/mol. The van der Waals surface area contributed by atoms with Crippen LogP contribution in [0.5, 0.6) is 0 Å². The topological polar surface area (TPSA) is 55.4 Å². The average Bonchev–Trinajstić information content (AvgIpc) is 2.68. The van der Waals surface area contributed by atoms with E-state index < -0.39 is 17.6 Å². The van der Waals surface area contributed by atoms with Crippen LogP contribution in [0.3, 0.4) is 0 Å². The van der Waals surface area contributed by atoms with Crippen LogP contribution in [-0.4, -0.2) is 68.3 Å². The molecule has 10 heteroatoms. The minimum atomic E-state index is -2.61. The lowest BCUT2D eigenvalue weighted by Gasteiger charge is -2.37. The van der Waals surface area contributed by atoms with Gasteiger partial charge in [-0.2, -0.15) is 25.3 Å².